The van der Waals surface area contributed by atoms with Gasteiger partial charge in [0.05, 0.1) is 13.2 Å². The molecule has 0 saturated heterocycles. The molecule has 0 spiro atoms. The smallest absolute Gasteiger partial charge is 0.420 e. The number of ether oxygens (including phenoxy) is 2. The second-order valence-corrected chi connectivity index (χ2v) is 4.50. The molecular weight excluding hydrogens is 314 g/mol. The number of benzene rings is 1. The van der Waals surface area contributed by atoms with Gasteiger partial charge in [-0.3, -0.25) is 0 Å². The fraction of sp³-hybridized carbons (Fsp3) is 0.571. The summed E-state index contributed by atoms with van der Waals surface area (Å²) >= 11 is 0. The van der Waals surface area contributed by atoms with E-state index < -0.39 is 35.0 Å². The van der Waals surface area contributed by atoms with Gasteiger partial charge in [0.25, 0.3) is 0 Å². The average Bonchev–Trinajstić information content (AvgIpc) is 2.40. The van der Waals surface area contributed by atoms with E-state index >= 15 is 0 Å². The molecular formula is C14H16F6O2. The minimum Gasteiger partial charge on any atom is -0.493 e. The van der Waals surface area contributed by atoms with Crippen LogP contribution in [0.15, 0.2) is 12.1 Å². The van der Waals surface area contributed by atoms with Gasteiger partial charge >= 0.3 is 12.4 Å². The predicted octanol–water partition coefficient (Wildman–Crippen LogP) is 5.30. The maximum Gasteiger partial charge on any atom is 0.420 e. The Hall–Kier alpha value is -1.60. The molecule has 1 rings (SSSR count). The summed E-state index contributed by atoms with van der Waals surface area (Å²) in [5, 5.41) is 0. The summed E-state index contributed by atoms with van der Waals surface area (Å²) in [6.07, 6.45) is -9.68. The van der Waals surface area contributed by atoms with E-state index in [9.17, 15) is 26.3 Å². The van der Waals surface area contributed by atoms with Gasteiger partial charge in [-0.25, -0.2) is 0 Å². The highest BCUT2D eigenvalue weighted by molar-refractivity contribution is 5.52. The minimum atomic E-state index is -5.21. The molecule has 126 valence electrons. The van der Waals surface area contributed by atoms with Gasteiger partial charge in [0.2, 0.25) is 0 Å². The summed E-state index contributed by atoms with van der Waals surface area (Å²) in [7, 11) is 0. The monoisotopic (exact) mass is 330 g/mol. The van der Waals surface area contributed by atoms with Crippen LogP contribution in [-0.2, 0) is 12.4 Å². The molecule has 0 aliphatic carbocycles. The topological polar surface area (TPSA) is 18.5 Å². The third-order valence-electron chi connectivity index (χ3n) is 2.62. The lowest BCUT2D eigenvalue weighted by Gasteiger charge is -2.22. The van der Waals surface area contributed by atoms with E-state index in [-0.39, 0.29) is 13.2 Å². The first-order valence-electron chi connectivity index (χ1n) is 6.69. The lowest BCUT2D eigenvalue weighted by Crippen LogP contribution is -2.20. The zero-order valence-electron chi connectivity index (χ0n) is 12.1. The van der Waals surface area contributed by atoms with Gasteiger partial charge in [-0.2, -0.15) is 26.3 Å². The number of hydrogen-bond acceptors (Lipinski definition) is 2. The molecule has 0 bridgehead atoms. The van der Waals surface area contributed by atoms with Crippen LogP contribution in [0.2, 0.25) is 0 Å². The normalized spacial score (nSPS) is 12.4. The number of alkyl halides is 6. The summed E-state index contributed by atoms with van der Waals surface area (Å²) in [6, 6.07) is 1.72. The summed E-state index contributed by atoms with van der Waals surface area (Å²) in [6.45, 7) is 3.04. The molecule has 0 fully saturated rings. The molecule has 2 nitrogen and oxygen atoms in total. The molecule has 0 aliphatic rings. The van der Waals surface area contributed by atoms with Crippen molar-refractivity contribution in [2.75, 3.05) is 13.2 Å². The van der Waals surface area contributed by atoms with Crippen LogP contribution >= 0.6 is 0 Å². The third-order valence-corrected chi connectivity index (χ3v) is 2.62. The first kappa shape index (κ1) is 18.4. The second kappa shape index (κ2) is 7.11. The largest absolute Gasteiger partial charge is 0.493 e. The molecule has 0 aromatic heterocycles. The molecule has 1 aromatic rings. The van der Waals surface area contributed by atoms with E-state index in [0.29, 0.717) is 12.8 Å². The molecule has 8 heteroatoms. The molecule has 0 aliphatic heterocycles. The molecule has 0 saturated carbocycles. The molecule has 0 radical (unpaired) electrons. The highest BCUT2D eigenvalue weighted by Crippen LogP contribution is 2.49. The lowest BCUT2D eigenvalue weighted by molar-refractivity contribution is -0.164. The zero-order valence-corrected chi connectivity index (χ0v) is 12.1. The fourth-order valence-electron chi connectivity index (χ4n) is 1.79. The van der Waals surface area contributed by atoms with Gasteiger partial charge in [0.1, 0.15) is 22.6 Å². The van der Waals surface area contributed by atoms with Crippen molar-refractivity contribution in [2.24, 2.45) is 0 Å². The van der Waals surface area contributed by atoms with Crippen molar-refractivity contribution >= 4 is 0 Å². The van der Waals surface area contributed by atoms with Crippen molar-refractivity contribution in [1.29, 1.82) is 0 Å². The lowest BCUT2D eigenvalue weighted by atomic mass is 10.0. The molecule has 0 heterocycles. The van der Waals surface area contributed by atoms with Crippen LogP contribution in [0.3, 0.4) is 0 Å². The van der Waals surface area contributed by atoms with E-state index in [1.165, 1.54) is 0 Å². The fourth-order valence-corrected chi connectivity index (χ4v) is 1.79. The van der Waals surface area contributed by atoms with Crippen molar-refractivity contribution in [1.82, 2.24) is 0 Å². The highest BCUT2D eigenvalue weighted by Gasteiger charge is 2.48. The van der Waals surface area contributed by atoms with E-state index in [2.05, 4.69) is 0 Å². The van der Waals surface area contributed by atoms with Gasteiger partial charge in [-0.1, -0.05) is 13.8 Å². The number of rotatable bonds is 6. The Kier molecular flexibility index (Phi) is 5.96. The highest BCUT2D eigenvalue weighted by atomic mass is 19.4. The Morgan fingerprint density at radius 1 is 0.727 bits per heavy atom. The van der Waals surface area contributed by atoms with E-state index in [1.807, 2.05) is 0 Å². The molecule has 22 heavy (non-hydrogen) atoms. The standard InChI is InChI=1S/C14H16F6O2/c1-3-7-21-9-5-6-10(22-8-4-2)12(14(18,19)20)11(9)13(15,16)17/h5-6H,3-4,7-8H2,1-2H3. The van der Waals surface area contributed by atoms with Crippen LogP contribution in [0.5, 0.6) is 11.5 Å². The first-order valence-corrected chi connectivity index (χ1v) is 6.69. The Morgan fingerprint density at radius 3 is 1.27 bits per heavy atom. The summed E-state index contributed by atoms with van der Waals surface area (Å²) in [4.78, 5) is 0. The van der Waals surface area contributed by atoms with Crippen LogP contribution < -0.4 is 9.47 Å². The third kappa shape index (κ3) is 4.45. The molecule has 0 atom stereocenters. The Balaban J connectivity index is 3.52. The Morgan fingerprint density at radius 2 is 1.05 bits per heavy atom. The van der Waals surface area contributed by atoms with Crippen molar-refractivity contribution in [3.8, 4) is 11.5 Å². The summed E-state index contributed by atoms with van der Waals surface area (Å²) in [5.41, 5.74) is -3.69. The predicted molar refractivity (Wildman–Crippen MR) is 68.0 cm³/mol. The Bertz CT molecular complexity index is 448. The van der Waals surface area contributed by atoms with Crippen LogP contribution in [0, 0.1) is 0 Å². The van der Waals surface area contributed by atoms with Crippen molar-refractivity contribution < 1.29 is 35.8 Å². The molecule has 1 aromatic carbocycles. The van der Waals surface area contributed by atoms with Crippen LogP contribution in [0.4, 0.5) is 26.3 Å². The van der Waals surface area contributed by atoms with Gasteiger partial charge in [0.15, 0.2) is 0 Å². The quantitative estimate of drug-likeness (QED) is 0.659. The van der Waals surface area contributed by atoms with Crippen LogP contribution in [0.1, 0.15) is 37.8 Å². The first-order chi connectivity index (χ1) is 10.1. The van der Waals surface area contributed by atoms with Gasteiger partial charge in [-0.15, -0.1) is 0 Å². The number of hydrogen-bond donors (Lipinski definition) is 0. The summed E-state index contributed by atoms with van der Waals surface area (Å²) in [5.74, 6) is -1.68. The van der Waals surface area contributed by atoms with E-state index in [4.69, 9.17) is 9.47 Å². The molecule has 0 unspecified atom stereocenters. The van der Waals surface area contributed by atoms with Gasteiger partial charge < -0.3 is 9.47 Å². The van der Waals surface area contributed by atoms with Crippen LogP contribution in [-0.4, -0.2) is 13.2 Å². The maximum atomic E-state index is 13.1. The molecule has 0 amide bonds. The number of halogens is 6. The maximum absolute atomic E-state index is 13.1. The van der Waals surface area contributed by atoms with Gasteiger partial charge in [-0.05, 0) is 25.0 Å². The molecule has 0 N–H and O–H groups in total. The van der Waals surface area contributed by atoms with Gasteiger partial charge in [0, 0.05) is 0 Å². The Labute approximate surface area is 124 Å². The average molecular weight is 330 g/mol. The van der Waals surface area contributed by atoms with Crippen molar-refractivity contribution in [3.63, 3.8) is 0 Å². The zero-order chi connectivity index (χ0) is 17.0. The van der Waals surface area contributed by atoms with E-state index in [0.717, 1.165) is 12.1 Å². The van der Waals surface area contributed by atoms with Crippen molar-refractivity contribution in [3.05, 3.63) is 23.3 Å². The van der Waals surface area contributed by atoms with Crippen LogP contribution in [0.25, 0.3) is 0 Å². The van der Waals surface area contributed by atoms with Crippen molar-refractivity contribution in [2.45, 2.75) is 39.0 Å². The SMILES string of the molecule is CCCOc1ccc(OCCC)c(C(F)(F)F)c1C(F)(F)F. The second-order valence-electron chi connectivity index (χ2n) is 4.50. The summed E-state index contributed by atoms with van der Waals surface area (Å²) < 4.78 is 88.5. The van der Waals surface area contributed by atoms with E-state index in [1.54, 1.807) is 13.8 Å². The minimum absolute atomic E-state index is 0.116.